The van der Waals surface area contributed by atoms with Gasteiger partial charge in [-0.25, -0.2) is 0 Å². The Balaban J connectivity index is 1.41. The normalized spacial score (nSPS) is 10.7. The van der Waals surface area contributed by atoms with Crippen molar-refractivity contribution < 1.29 is 9.53 Å². The van der Waals surface area contributed by atoms with Gasteiger partial charge in [-0.15, -0.1) is 20.4 Å². The van der Waals surface area contributed by atoms with E-state index in [-0.39, 0.29) is 17.5 Å². The molecule has 1 N–H and O–H groups in total. The number of benzene rings is 2. The molecular formula is C18H14BrN7O2S. The lowest BCUT2D eigenvalue weighted by atomic mass is 10.2. The second kappa shape index (κ2) is 8.45. The third-order valence-electron chi connectivity index (χ3n) is 3.84. The zero-order valence-electron chi connectivity index (χ0n) is 15.1. The molecule has 2 aromatic carbocycles. The quantitative estimate of drug-likeness (QED) is 0.459. The summed E-state index contributed by atoms with van der Waals surface area (Å²) in [4.78, 5) is 13.8. The monoisotopic (exact) mass is 471 g/mol. The van der Waals surface area contributed by atoms with Gasteiger partial charge in [0, 0.05) is 15.7 Å². The summed E-state index contributed by atoms with van der Waals surface area (Å²) in [5, 5.41) is 24.1. The van der Waals surface area contributed by atoms with E-state index in [0.29, 0.717) is 22.3 Å². The topological polar surface area (TPSA) is 108 Å². The first-order chi connectivity index (χ1) is 14.1. The highest BCUT2D eigenvalue weighted by Crippen LogP contribution is 2.19. The highest BCUT2D eigenvalue weighted by Gasteiger charge is 2.15. The number of nitrogens with zero attached hydrogens (tertiary/aromatic N) is 6. The Bertz CT molecular complexity index is 1130. The molecule has 0 aliphatic carbocycles. The van der Waals surface area contributed by atoms with Crippen molar-refractivity contribution >= 4 is 38.9 Å². The van der Waals surface area contributed by atoms with Crippen molar-refractivity contribution in [3.05, 3.63) is 63.0 Å². The maximum absolute atomic E-state index is 12.4. The highest BCUT2D eigenvalue weighted by molar-refractivity contribution is 9.10. The second-order valence-corrected chi connectivity index (χ2v) is 7.81. The van der Waals surface area contributed by atoms with Gasteiger partial charge in [0.1, 0.15) is 17.3 Å². The molecule has 4 aromatic rings. The molecule has 0 bridgehead atoms. The van der Waals surface area contributed by atoms with Crippen LogP contribution >= 0.6 is 27.3 Å². The minimum absolute atomic E-state index is 0.254. The molecule has 0 saturated carbocycles. The summed E-state index contributed by atoms with van der Waals surface area (Å²) in [6, 6.07) is 14.7. The van der Waals surface area contributed by atoms with Crippen LogP contribution in [0.15, 0.2) is 53.0 Å². The highest BCUT2D eigenvalue weighted by atomic mass is 79.9. The minimum Gasteiger partial charge on any atom is -0.497 e. The molecule has 2 aromatic heterocycles. The summed E-state index contributed by atoms with van der Waals surface area (Å²) >= 11 is 4.57. The first-order valence-electron chi connectivity index (χ1n) is 8.42. The van der Waals surface area contributed by atoms with Crippen molar-refractivity contribution in [3.63, 3.8) is 0 Å². The third kappa shape index (κ3) is 4.63. The van der Waals surface area contributed by atoms with Crippen LogP contribution in [0.5, 0.6) is 5.75 Å². The van der Waals surface area contributed by atoms with Crippen LogP contribution in [0.25, 0.3) is 11.4 Å². The van der Waals surface area contributed by atoms with E-state index in [1.54, 1.807) is 31.4 Å². The largest absolute Gasteiger partial charge is 0.497 e. The van der Waals surface area contributed by atoms with Crippen LogP contribution in [0.1, 0.15) is 14.8 Å². The number of carbonyl (C=O) groups excluding carboxylic acids is 1. The van der Waals surface area contributed by atoms with Gasteiger partial charge in [-0.3, -0.25) is 4.79 Å². The van der Waals surface area contributed by atoms with Gasteiger partial charge in [-0.2, -0.15) is 4.80 Å². The SMILES string of the molecule is COc1ccc(NC(=O)c2nnc(Cn3nnc(-c4ccc(Br)cc4)n3)s2)cc1. The Hall–Kier alpha value is -3.18. The predicted octanol–water partition coefficient (Wildman–Crippen LogP) is 3.26. The number of halogens is 1. The van der Waals surface area contributed by atoms with Crippen molar-refractivity contribution in [2.75, 3.05) is 12.4 Å². The lowest BCUT2D eigenvalue weighted by molar-refractivity contribution is 0.102. The van der Waals surface area contributed by atoms with Gasteiger partial charge in [0.15, 0.2) is 0 Å². The lowest BCUT2D eigenvalue weighted by Gasteiger charge is -2.03. The number of tetrazole rings is 1. The number of rotatable bonds is 6. The molecule has 0 saturated heterocycles. The fourth-order valence-electron chi connectivity index (χ4n) is 2.41. The van der Waals surface area contributed by atoms with Crippen LogP contribution in [0, 0.1) is 0 Å². The zero-order valence-corrected chi connectivity index (χ0v) is 17.5. The number of anilines is 1. The van der Waals surface area contributed by atoms with Gasteiger partial charge >= 0.3 is 0 Å². The van der Waals surface area contributed by atoms with Crippen LogP contribution in [0.3, 0.4) is 0 Å². The predicted molar refractivity (Wildman–Crippen MR) is 111 cm³/mol. The van der Waals surface area contributed by atoms with Crippen LogP contribution in [-0.2, 0) is 6.54 Å². The summed E-state index contributed by atoms with van der Waals surface area (Å²) < 4.78 is 6.07. The Morgan fingerprint density at radius 2 is 1.86 bits per heavy atom. The van der Waals surface area contributed by atoms with E-state index in [1.807, 2.05) is 24.3 Å². The van der Waals surface area contributed by atoms with E-state index in [0.717, 1.165) is 10.0 Å². The Morgan fingerprint density at radius 1 is 1.10 bits per heavy atom. The van der Waals surface area contributed by atoms with E-state index >= 15 is 0 Å². The van der Waals surface area contributed by atoms with E-state index in [2.05, 4.69) is 46.9 Å². The molecule has 0 spiro atoms. The molecule has 9 nitrogen and oxygen atoms in total. The molecule has 146 valence electrons. The Kier molecular flexibility index (Phi) is 5.58. The molecule has 0 aliphatic heterocycles. The van der Waals surface area contributed by atoms with Crippen LogP contribution in [0.4, 0.5) is 5.69 Å². The first kappa shape index (κ1) is 19.2. The fraction of sp³-hybridized carbons (Fsp3) is 0.111. The van der Waals surface area contributed by atoms with E-state index in [1.165, 1.54) is 16.1 Å². The maximum Gasteiger partial charge on any atom is 0.286 e. The summed E-state index contributed by atoms with van der Waals surface area (Å²) in [7, 11) is 1.59. The molecule has 0 radical (unpaired) electrons. The standard InChI is InChI=1S/C18H14BrN7O2S/c1-28-14-8-6-13(7-9-14)20-17(27)18-23-21-15(29-18)10-26-24-16(22-25-26)11-2-4-12(19)5-3-11/h2-9H,10H2,1H3,(H,20,27). The average Bonchev–Trinajstić information content (AvgIpc) is 3.39. The number of nitrogens with one attached hydrogen (secondary N) is 1. The summed E-state index contributed by atoms with van der Waals surface area (Å²) in [6.45, 7) is 0.275. The van der Waals surface area contributed by atoms with Gasteiger partial charge < -0.3 is 10.1 Å². The smallest absolute Gasteiger partial charge is 0.286 e. The van der Waals surface area contributed by atoms with Crippen LogP contribution in [-0.4, -0.2) is 43.4 Å². The fourth-order valence-corrected chi connectivity index (χ4v) is 3.39. The van der Waals surface area contributed by atoms with Gasteiger partial charge in [0.05, 0.1) is 7.11 Å². The summed E-state index contributed by atoms with van der Waals surface area (Å²) in [5.41, 5.74) is 1.50. The molecule has 29 heavy (non-hydrogen) atoms. The number of methoxy groups -OCH3 is 1. The third-order valence-corrected chi connectivity index (χ3v) is 5.28. The molecule has 11 heteroatoms. The van der Waals surface area contributed by atoms with Crippen molar-refractivity contribution in [3.8, 4) is 17.1 Å². The number of hydrogen-bond acceptors (Lipinski definition) is 8. The van der Waals surface area contributed by atoms with Gasteiger partial charge in [0.2, 0.25) is 10.8 Å². The van der Waals surface area contributed by atoms with Gasteiger partial charge in [-0.1, -0.05) is 27.3 Å². The van der Waals surface area contributed by atoms with Crippen LogP contribution in [0.2, 0.25) is 0 Å². The Labute approximate surface area is 177 Å². The van der Waals surface area contributed by atoms with Crippen LogP contribution < -0.4 is 10.1 Å². The van der Waals surface area contributed by atoms with E-state index in [4.69, 9.17) is 4.74 Å². The van der Waals surface area contributed by atoms with Crippen molar-refractivity contribution in [1.82, 2.24) is 30.4 Å². The molecule has 4 rings (SSSR count). The summed E-state index contributed by atoms with van der Waals surface area (Å²) in [6.07, 6.45) is 0. The number of amides is 1. The molecule has 0 unspecified atom stereocenters. The number of carbonyl (C=O) groups is 1. The van der Waals surface area contributed by atoms with Crippen molar-refractivity contribution in [2.45, 2.75) is 6.54 Å². The number of aromatic nitrogens is 6. The maximum atomic E-state index is 12.4. The Morgan fingerprint density at radius 3 is 2.59 bits per heavy atom. The second-order valence-electron chi connectivity index (χ2n) is 5.83. The van der Waals surface area contributed by atoms with Gasteiger partial charge in [-0.05, 0) is 53.7 Å². The molecule has 1 amide bonds. The average molecular weight is 472 g/mol. The molecule has 2 heterocycles. The lowest BCUT2D eigenvalue weighted by Crippen LogP contribution is -2.11. The summed E-state index contributed by atoms with van der Waals surface area (Å²) in [5.74, 6) is 0.893. The number of hydrogen-bond donors (Lipinski definition) is 1. The van der Waals surface area contributed by atoms with E-state index in [9.17, 15) is 4.79 Å². The molecular weight excluding hydrogens is 458 g/mol. The minimum atomic E-state index is -0.332. The molecule has 0 atom stereocenters. The zero-order chi connectivity index (χ0) is 20.2. The van der Waals surface area contributed by atoms with Gasteiger partial charge in [0.25, 0.3) is 5.91 Å². The van der Waals surface area contributed by atoms with Crippen molar-refractivity contribution in [2.24, 2.45) is 0 Å². The first-order valence-corrected chi connectivity index (χ1v) is 10.0. The molecule has 0 aliphatic rings. The molecule has 0 fully saturated rings. The van der Waals surface area contributed by atoms with E-state index < -0.39 is 0 Å². The number of ether oxygens (including phenoxy) is 1. The van der Waals surface area contributed by atoms with Crippen molar-refractivity contribution in [1.29, 1.82) is 0 Å².